The molecule has 0 spiro atoms. The Labute approximate surface area is 115 Å². The average molecular weight is 339 g/mol. The molecule has 0 bridgehead atoms. The Morgan fingerprint density at radius 1 is 1.44 bits per heavy atom. The molecule has 0 saturated heterocycles. The van der Waals surface area contributed by atoms with Crippen molar-refractivity contribution in [2.24, 2.45) is 0 Å². The minimum absolute atomic E-state index is 0.140. The Hall–Kier alpha value is -0.460. The van der Waals surface area contributed by atoms with Gasteiger partial charge in [0.15, 0.2) is 9.84 Å². The topological polar surface area (TPSA) is 54.4 Å². The smallest absolute Gasteiger partial charge is 0.155 e. The van der Waals surface area contributed by atoms with Crippen LogP contribution in [0.3, 0.4) is 0 Å². The summed E-state index contributed by atoms with van der Waals surface area (Å²) in [6.45, 7) is 2.95. The van der Waals surface area contributed by atoms with Crippen molar-refractivity contribution >= 4 is 25.8 Å². The Morgan fingerprint density at radius 3 is 2.44 bits per heavy atom. The standard InChI is InChI=1S/C12H16BrFO3S/c1-12(2,18(3,16)17)11(15)6-8-4-5-9(14)7-10(8)13/h4-5,7,11,15H,6H2,1-3H3. The molecule has 0 amide bonds. The molecule has 1 aromatic carbocycles. The van der Waals surface area contributed by atoms with Crippen LogP contribution >= 0.6 is 15.9 Å². The van der Waals surface area contributed by atoms with Gasteiger partial charge >= 0.3 is 0 Å². The molecule has 3 nitrogen and oxygen atoms in total. The molecular weight excluding hydrogens is 323 g/mol. The second kappa shape index (κ2) is 5.27. The number of sulfone groups is 1. The summed E-state index contributed by atoms with van der Waals surface area (Å²) in [6, 6.07) is 4.09. The van der Waals surface area contributed by atoms with Gasteiger partial charge in [-0.1, -0.05) is 22.0 Å². The lowest BCUT2D eigenvalue weighted by atomic mass is 9.98. The Bertz CT molecular complexity index is 540. The average Bonchev–Trinajstić information content (AvgIpc) is 2.20. The molecular formula is C12H16BrFO3S. The van der Waals surface area contributed by atoms with Crippen LogP contribution in [0.15, 0.2) is 22.7 Å². The number of hydrogen-bond donors (Lipinski definition) is 1. The molecule has 0 saturated carbocycles. The van der Waals surface area contributed by atoms with Crippen molar-refractivity contribution in [2.75, 3.05) is 6.26 Å². The largest absolute Gasteiger partial charge is 0.391 e. The first-order valence-electron chi connectivity index (χ1n) is 5.37. The Balaban J connectivity index is 2.98. The highest BCUT2D eigenvalue weighted by Gasteiger charge is 2.38. The van der Waals surface area contributed by atoms with Crippen LogP contribution in [-0.2, 0) is 16.3 Å². The van der Waals surface area contributed by atoms with Crippen LogP contribution in [0.2, 0.25) is 0 Å². The van der Waals surface area contributed by atoms with Gasteiger partial charge in [0.2, 0.25) is 0 Å². The van der Waals surface area contributed by atoms with Crippen molar-refractivity contribution in [2.45, 2.75) is 31.1 Å². The fourth-order valence-corrected chi connectivity index (χ4v) is 2.48. The van der Waals surface area contributed by atoms with Crippen molar-refractivity contribution in [3.05, 3.63) is 34.1 Å². The van der Waals surface area contributed by atoms with Crippen molar-refractivity contribution in [1.29, 1.82) is 0 Å². The van der Waals surface area contributed by atoms with Crippen LogP contribution in [0, 0.1) is 5.82 Å². The van der Waals surface area contributed by atoms with E-state index < -0.39 is 20.7 Å². The summed E-state index contributed by atoms with van der Waals surface area (Å²) in [5.74, 6) is -0.387. The molecule has 1 N–H and O–H groups in total. The SMILES string of the molecule is CC(C)(C(O)Cc1ccc(F)cc1Br)S(C)(=O)=O. The molecule has 1 rings (SSSR count). The third-order valence-corrected chi connectivity index (χ3v) is 6.11. The van der Waals surface area contributed by atoms with E-state index in [1.807, 2.05) is 0 Å². The van der Waals surface area contributed by atoms with Gasteiger partial charge < -0.3 is 5.11 Å². The summed E-state index contributed by atoms with van der Waals surface area (Å²) in [4.78, 5) is 0. The molecule has 0 aliphatic heterocycles. The van der Waals surface area contributed by atoms with Crippen molar-refractivity contribution in [3.8, 4) is 0 Å². The summed E-state index contributed by atoms with van der Waals surface area (Å²) >= 11 is 3.19. The zero-order valence-electron chi connectivity index (χ0n) is 10.4. The third-order valence-electron chi connectivity index (χ3n) is 3.19. The molecule has 1 aromatic rings. The Morgan fingerprint density at radius 2 is 2.00 bits per heavy atom. The van der Waals surface area contributed by atoms with Crippen molar-refractivity contribution in [3.63, 3.8) is 0 Å². The van der Waals surface area contributed by atoms with Crippen LogP contribution in [-0.4, -0.2) is 30.6 Å². The van der Waals surface area contributed by atoms with E-state index in [0.29, 0.717) is 10.0 Å². The van der Waals surface area contributed by atoms with E-state index in [9.17, 15) is 17.9 Å². The molecule has 0 radical (unpaired) electrons. The molecule has 102 valence electrons. The lowest BCUT2D eigenvalue weighted by Crippen LogP contribution is -2.44. The van der Waals surface area contributed by atoms with E-state index in [1.165, 1.54) is 32.0 Å². The van der Waals surface area contributed by atoms with Crippen LogP contribution < -0.4 is 0 Å². The van der Waals surface area contributed by atoms with Gasteiger partial charge in [-0.2, -0.15) is 0 Å². The molecule has 0 aliphatic carbocycles. The zero-order chi connectivity index (χ0) is 14.1. The van der Waals surface area contributed by atoms with Gasteiger partial charge in [0, 0.05) is 17.1 Å². The highest BCUT2D eigenvalue weighted by molar-refractivity contribution is 9.10. The predicted molar refractivity (Wildman–Crippen MR) is 72.7 cm³/mol. The summed E-state index contributed by atoms with van der Waals surface area (Å²) in [5.41, 5.74) is 0.667. The lowest BCUT2D eigenvalue weighted by molar-refractivity contribution is 0.137. The van der Waals surface area contributed by atoms with Gasteiger partial charge in [-0.25, -0.2) is 12.8 Å². The molecule has 0 aromatic heterocycles. The lowest BCUT2D eigenvalue weighted by Gasteiger charge is -2.28. The Kier molecular flexibility index (Phi) is 4.56. The number of benzene rings is 1. The fraction of sp³-hybridized carbons (Fsp3) is 0.500. The highest BCUT2D eigenvalue weighted by Crippen LogP contribution is 2.26. The van der Waals surface area contributed by atoms with Gasteiger partial charge in [-0.15, -0.1) is 0 Å². The molecule has 6 heteroatoms. The number of hydrogen-bond acceptors (Lipinski definition) is 3. The number of rotatable bonds is 4. The second-order valence-electron chi connectivity index (χ2n) is 4.83. The first kappa shape index (κ1) is 15.6. The van der Waals surface area contributed by atoms with Gasteiger partial charge in [0.1, 0.15) is 5.82 Å². The van der Waals surface area contributed by atoms with E-state index in [4.69, 9.17) is 0 Å². The van der Waals surface area contributed by atoms with Crippen molar-refractivity contribution < 1.29 is 17.9 Å². The summed E-state index contributed by atoms with van der Waals surface area (Å²) in [6.07, 6.45) is 0.172. The predicted octanol–water partition coefficient (Wildman–Crippen LogP) is 2.31. The van der Waals surface area contributed by atoms with E-state index >= 15 is 0 Å². The second-order valence-corrected chi connectivity index (χ2v) is 8.28. The van der Waals surface area contributed by atoms with Crippen LogP contribution in [0.25, 0.3) is 0 Å². The molecule has 1 atom stereocenters. The number of aliphatic hydroxyl groups is 1. The van der Waals surface area contributed by atoms with E-state index in [-0.39, 0.29) is 12.2 Å². The molecule has 0 heterocycles. The van der Waals surface area contributed by atoms with Gasteiger partial charge in [0.25, 0.3) is 0 Å². The summed E-state index contributed by atoms with van der Waals surface area (Å²) in [7, 11) is -3.38. The number of aliphatic hydroxyl groups excluding tert-OH is 1. The maximum atomic E-state index is 12.9. The zero-order valence-corrected chi connectivity index (χ0v) is 12.8. The van der Waals surface area contributed by atoms with Gasteiger partial charge in [-0.05, 0) is 31.5 Å². The van der Waals surface area contributed by atoms with Gasteiger partial charge in [0.05, 0.1) is 10.9 Å². The number of halogens is 2. The quantitative estimate of drug-likeness (QED) is 0.916. The maximum absolute atomic E-state index is 12.9. The van der Waals surface area contributed by atoms with Crippen LogP contribution in [0.5, 0.6) is 0 Å². The molecule has 18 heavy (non-hydrogen) atoms. The van der Waals surface area contributed by atoms with E-state index in [1.54, 1.807) is 0 Å². The van der Waals surface area contributed by atoms with Crippen LogP contribution in [0.4, 0.5) is 4.39 Å². The first-order chi connectivity index (χ1) is 8.05. The minimum Gasteiger partial charge on any atom is -0.391 e. The van der Waals surface area contributed by atoms with Crippen molar-refractivity contribution in [1.82, 2.24) is 0 Å². The van der Waals surface area contributed by atoms with E-state index in [2.05, 4.69) is 15.9 Å². The van der Waals surface area contributed by atoms with Gasteiger partial charge in [-0.3, -0.25) is 0 Å². The molecule has 0 fully saturated rings. The normalized spacial score (nSPS) is 14.6. The summed E-state index contributed by atoms with van der Waals surface area (Å²) < 4.78 is 35.4. The summed E-state index contributed by atoms with van der Waals surface area (Å²) in [5, 5.41) is 10.1. The minimum atomic E-state index is -3.38. The highest BCUT2D eigenvalue weighted by atomic mass is 79.9. The molecule has 0 aliphatic rings. The monoisotopic (exact) mass is 338 g/mol. The van der Waals surface area contributed by atoms with E-state index in [0.717, 1.165) is 6.26 Å². The molecule has 1 unspecified atom stereocenters. The first-order valence-corrected chi connectivity index (χ1v) is 8.05. The third kappa shape index (κ3) is 3.30. The van der Waals surface area contributed by atoms with Crippen LogP contribution in [0.1, 0.15) is 19.4 Å². The maximum Gasteiger partial charge on any atom is 0.155 e. The fourth-order valence-electron chi connectivity index (χ4n) is 1.39.